The van der Waals surface area contributed by atoms with Crippen molar-refractivity contribution in [3.8, 4) is 11.4 Å². The molecule has 0 fully saturated rings. The smallest absolute Gasteiger partial charge is 0.252 e. The quantitative estimate of drug-likeness (QED) is 0.518. The van der Waals surface area contributed by atoms with Gasteiger partial charge in [-0.2, -0.15) is 4.98 Å². The first-order valence-corrected chi connectivity index (χ1v) is 9.77. The molecule has 8 heteroatoms. The van der Waals surface area contributed by atoms with Crippen molar-refractivity contribution in [3.05, 3.63) is 71.8 Å². The van der Waals surface area contributed by atoms with Crippen LogP contribution in [-0.4, -0.2) is 26.6 Å². The molecule has 30 heavy (non-hydrogen) atoms. The van der Waals surface area contributed by atoms with E-state index < -0.39 is 6.04 Å². The van der Waals surface area contributed by atoms with E-state index in [1.165, 1.54) is 4.68 Å². The minimum Gasteiger partial charge on any atom is -0.325 e. The third kappa shape index (κ3) is 3.29. The van der Waals surface area contributed by atoms with Crippen LogP contribution in [-0.2, 0) is 9.59 Å². The Labute approximate surface area is 176 Å². The fraction of sp³-hybridized carbons (Fsp3) is 0.0909. The van der Waals surface area contributed by atoms with E-state index >= 15 is 0 Å². The first-order valence-electron chi connectivity index (χ1n) is 9.39. The summed E-state index contributed by atoms with van der Waals surface area (Å²) in [7, 11) is 0. The van der Waals surface area contributed by atoms with Gasteiger partial charge >= 0.3 is 0 Å². The Balaban J connectivity index is 1.37. The average Bonchev–Trinajstić information content (AvgIpc) is 3.27. The number of rotatable bonds is 4. The van der Waals surface area contributed by atoms with Gasteiger partial charge in [0.15, 0.2) is 5.82 Å². The summed E-state index contributed by atoms with van der Waals surface area (Å²) < 4.78 is 1.47. The SMILES string of the molecule is O=C(CC1C(=O)Nc2nc(-c3ccc(Cl)cc3)nn21)Nc1cccc2ccccc12. The number of nitrogens with one attached hydrogen (secondary N) is 2. The number of carbonyl (C=O) groups excluding carboxylic acids is 2. The van der Waals surface area contributed by atoms with Crippen LogP contribution in [0.4, 0.5) is 11.6 Å². The van der Waals surface area contributed by atoms with Crippen molar-refractivity contribution in [1.29, 1.82) is 0 Å². The Morgan fingerprint density at radius 2 is 1.83 bits per heavy atom. The molecular weight excluding hydrogens is 402 g/mol. The Kier molecular flexibility index (Phi) is 4.44. The molecule has 5 rings (SSSR count). The Bertz CT molecular complexity index is 1280. The lowest BCUT2D eigenvalue weighted by atomic mass is 10.1. The molecule has 1 atom stereocenters. The van der Waals surface area contributed by atoms with Crippen molar-refractivity contribution in [2.45, 2.75) is 12.5 Å². The standard InChI is InChI=1S/C22H16ClN5O2/c23-15-10-8-14(9-11-15)20-25-22-26-21(30)18(28(22)27-20)12-19(29)24-17-7-3-5-13-4-1-2-6-16(13)17/h1-11,18H,12H2,(H,24,29)(H,25,26,27,30). The van der Waals surface area contributed by atoms with Gasteiger partial charge in [0.2, 0.25) is 11.9 Å². The molecule has 2 heterocycles. The third-order valence-electron chi connectivity index (χ3n) is 5.01. The molecule has 0 aliphatic carbocycles. The third-order valence-corrected chi connectivity index (χ3v) is 5.26. The van der Waals surface area contributed by atoms with Gasteiger partial charge in [0.05, 0.1) is 6.42 Å². The number of anilines is 2. The summed E-state index contributed by atoms with van der Waals surface area (Å²) in [5, 5.41) is 12.6. The van der Waals surface area contributed by atoms with Crippen molar-refractivity contribution in [1.82, 2.24) is 14.8 Å². The number of halogens is 1. The topological polar surface area (TPSA) is 88.9 Å². The predicted octanol–water partition coefficient (Wildman–Crippen LogP) is 4.27. The molecular formula is C22H16ClN5O2. The van der Waals surface area contributed by atoms with E-state index in [9.17, 15) is 9.59 Å². The highest BCUT2D eigenvalue weighted by molar-refractivity contribution is 6.30. The van der Waals surface area contributed by atoms with Crippen molar-refractivity contribution in [3.63, 3.8) is 0 Å². The summed E-state index contributed by atoms with van der Waals surface area (Å²) in [6, 6.07) is 19.8. The predicted molar refractivity (Wildman–Crippen MR) is 115 cm³/mol. The van der Waals surface area contributed by atoms with E-state index in [-0.39, 0.29) is 18.2 Å². The van der Waals surface area contributed by atoms with Gasteiger partial charge in [-0.1, -0.05) is 48.0 Å². The van der Waals surface area contributed by atoms with E-state index in [0.717, 1.165) is 16.3 Å². The molecule has 3 aromatic carbocycles. The maximum absolute atomic E-state index is 12.7. The summed E-state index contributed by atoms with van der Waals surface area (Å²) >= 11 is 5.93. The molecule has 2 N–H and O–H groups in total. The minimum absolute atomic E-state index is 0.0501. The fourth-order valence-corrected chi connectivity index (χ4v) is 3.67. The van der Waals surface area contributed by atoms with Crippen LogP contribution in [0.2, 0.25) is 5.02 Å². The number of hydrogen-bond donors (Lipinski definition) is 2. The molecule has 1 unspecified atom stereocenters. The van der Waals surface area contributed by atoms with E-state index in [2.05, 4.69) is 20.7 Å². The zero-order valence-corrected chi connectivity index (χ0v) is 16.4. The zero-order chi connectivity index (χ0) is 20.7. The number of aromatic nitrogens is 3. The average molecular weight is 418 g/mol. The summed E-state index contributed by atoms with van der Waals surface area (Å²) in [5.74, 6) is 0.206. The van der Waals surface area contributed by atoms with Gasteiger partial charge in [-0.3, -0.25) is 14.9 Å². The summed E-state index contributed by atoms with van der Waals surface area (Å²) in [5.41, 5.74) is 1.48. The van der Waals surface area contributed by atoms with Gasteiger partial charge in [-0.05, 0) is 35.7 Å². The van der Waals surface area contributed by atoms with E-state index in [4.69, 9.17) is 11.6 Å². The maximum atomic E-state index is 12.7. The summed E-state index contributed by atoms with van der Waals surface area (Å²) in [4.78, 5) is 29.5. The Hall–Kier alpha value is -3.71. The molecule has 0 saturated heterocycles. The van der Waals surface area contributed by atoms with Crippen molar-refractivity contribution >= 4 is 45.8 Å². The van der Waals surface area contributed by atoms with Crippen LogP contribution in [0.5, 0.6) is 0 Å². The van der Waals surface area contributed by atoms with Gasteiger partial charge in [-0.25, -0.2) is 4.68 Å². The van der Waals surface area contributed by atoms with Crippen LogP contribution in [0.15, 0.2) is 66.7 Å². The lowest BCUT2D eigenvalue weighted by molar-refractivity contribution is -0.123. The molecule has 7 nitrogen and oxygen atoms in total. The second-order valence-corrected chi connectivity index (χ2v) is 7.43. The highest BCUT2D eigenvalue weighted by atomic mass is 35.5. The number of benzene rings is 3. The van der Waals surface area contributed by atoms with Crippen molar-refractivity contribution in [2.75, 3.05) is 10.6 Å². The Morgan fingerprint density at radius 1 is 1.07 bits per heavy atom. The van der Waals surface area contributed by atoms with Gasteiger partial charge < -0.3 is 5.32 Å². The van der Waals surface area contributed by atoms with Gasteiger partial charge in [0.25, 0.3) is 5.91 Å². The zero-order valence-electron chi connectivity index (χ0n) is 15.7. The highest BCUT2D eigenvalue weighted by Gasteiger charge is 2.35. The first-order chi connectivity index (χ1) is 14.6. The summed E-state index contributed by atoms with van der Waals surface area (Å²) in [6.45, 7) is 0. The van der Waals surface area contributed by atoms with Gasteiger partial charge in [0, 0.05) is 21.7 Å². The number of amides is 2. The second-order valence-electron chi connectivity index (χ2n) is 6.99. The number of carbonyl (C=O) groups is 2. The van der Waals surface area contributed by atoms with E-state index in [1.807, 2.05) is 42.5 Å². The first kappa shape index (κ1) is 18.3. The van der Waals surface area contributed by atoms with Crippen LogP contribution in [0, 0.1) is 0 Å². The van der Waals surface area contributed by atoms with Crippen molar-refractivity contribution in [2.24, 2.45) is 0 Å². The van der Waals surface area contributed by atoms with Crippen LogP contribution in [0.3, 0.4) is 0 Å². The van der Waals surface area contributed by atoms with Gasteiger partial charge in [-0.15, -0.1) is 5.10 Å². The number of hydrogen-bond acceptors (Lipinski definition) is 4. The largest absolute Gasteiger partial charge is 0.325 e. The molecule has 148 valence electrons. The van der Waals surface area contributed by atoms with Crippen LogP contribution in [0.25, 0.3) is 22.2 Å². The van der Waals surface area contributed by atoms with Crippen LogP contribution >= 0.6 is 11.6 Å². The Morgan fingerprint density at radius 3 is 2.67 bits per heavy atom. The van der Waals surface area contributed by atoms with Crippen LogP contribution < -0.4 is 10.6 Å². The number of nitrogens with zero attached hydrogens (tertiary/aromatic N) is 3. The minimum atomic E-state index is -0.761. The molecule has 0 radical (unpaired) electrons. The number of fused-ring (bicyclic) bond motifs is 2. The molecule has 0 bridgehead atoms. The summed E-state index contributed by atoms with van der Waals surface area (Å²) in [6.07, 6.45) is -0.0501. The maximum Gasteiger partial charge on any atom is 0.252 e. The molecule has 1 aromatic heterocycles. The molecule has 4 aromatic rings. The highest BCUT2D eigenvalue weighted by Crippen LogP contribution is 2.29. The van der Waals surface area contributed by atoms with Crippen molar-refractivity contribution < 1.29 is 9.59 Å². The fourth-order valence-electron chi connectivity index (χ4n) is 3.54. The van der Waals surface area contributed by atoms with E-state index in [1.54, 1.807) is 24.3 Å². The lowest BCUT2D eigenvalue weighted by Crippen LogP contribution is -2.23. The molecule has 1 aliphatic rings. The molecule has 0 spiro atoms. The molecule has 2 amide bonds. The molecule has 0 saturated carbocycles. The second kappa shape index (κ2) is 7.27. The normalized spacial score (nSPS) is 15.1. The van der Waals surface area contributed by atoms with Gasteiger partial charge in [0.1, 0.15) is 6.04 Å². The molecule has 1 aliphatic heterocycles. The van der Waals surface area contributed by atoms with Crippen LogP contribution in [0.1, 0.15) is 12.5 Å². The monoisotopic (exact) mass is 417 g/mol. The lowest BCUT2D eigenvalue weighted by Gasteiger charge is -2.11. The van der Waals surface area contributed by atoms with E-state index in [0.29, 0.717) is 22.5 Å².